The van der Waals surface area contributed by atoms with Crippen molar-refractivity contribution >= 4 is 27.5 Å². The number of H-pyrrole nitrogens is 1. The number of nitrogens with one attached hydrogen (secondary N) is 1. The normalized spacial score (nSPS) is 10.6. The van der Waals surface area contributed by atoms with Gasteiger partial charge in [-0.25, -0.2) is 4.98 Å². The van der Waals surface area contributed by atoms with Crippen LogP contribution in [-0.4, -0.2) is 22.5 Å². The summed E-state index contributed by atoms with van der Waals surface area (Å²) in [6.07, 6.45) is 0.125. The Balaban J connectivity index is 1.49. The highest BCUT2D eigenvalue weighted by Crippen LogP contribution is 2.14. The molecule has 7 heteroatoms. The van der Waals surface area contributed by atoms with Gasteiger partial charge in [0.15, 0.2) is 0 Å². The minimum absolute atomic E-state index is 0.0643. The molecule has 0 amide bonds. The van der Waals surface area contributed by atoms with Gasteiger partial charge in [-0.2, -0.15) is 0 Å². The van der Waals surface area contributed by atoms with E-state index in [1.807, 2.05) is 30.3 Å². The van der Waals surface area contributed by atoms with Gasteiger partial charge in [0.25, 0.3) is 5.56 Å². The minimum atomic E-state index is -0.408. The molecule has 23 heavy (non-hydrogen) atoms. The third kappa shape index (κ3) is 3.95. The lowest BCUT2D eigenvalue weighted by molar-refractivity contribution is -0.145. The quantitative estimate of drug-likeness (QED) is 0.702. The van der Waals surface area contributed by atoms with Crippen LogP contribution in [0.2, 0.25) is 0 Å². The Bertz CT molecular complexity index is 857. The second-order valence-electron chi connectivity index (χ2n) is 4.72. The Morgan fingerprint density at radius 3 is 2.87 bits per heavy atom. The molecule has 0 bridgehead atoms. The van der Waals surface area contributed by atoms with Crippen LogP contribution in [-0.2, 0) is 16.1 Å². The van der Waals surface area contributed by atoms with Crippen LogP contribution in [0.25, 0.3) is 10.2 Å². The maximum absolute atomic E-state index is 11.8. The van der Waals surface area contributed by atoms with E-state index < -0.39 is 5.97 Å². The third-order valence-corrected chi connectivity index (χ3v) is 3.95. The van der Waals surface area contributed by atoms with Crippen molar-refractivity contribution in [1.82, 2.24) is 9.97 Å². The Morgan fingerprint density at radius 2 is 2.04 bits per heavy atom. The number of aromatic amines is 1. The predicted molar refractivity (Wildman–Crippen MR) is 86.6 cm³/mol. The highest BCUT2D eigenvalue weighted by atomic mass is 32.1. The fraction of sp³-hybridized carbons (Fsp3) is 0.188. The highest BCUT2D eigenvalue weighted by Gasteiger charge is 2.08. The van der Waals surface area contributed by atoms with Crippen molar-refractivity contribution in [3.8, 4) is 5.75 Å². The standard InChI is InChI=1S/C16H14N2O4S/c19-14(6-8-21-11-4-2-1-3-5-11)22-10-13-17-12-7-9-23-15(12)16(20)18-13/h1-5,7,9H,6,8,10H2,(H,17,18,20). The number of rotatable bonds is 6. The van der Waals surface area contributed by atoms with Gasteiger partial charge in [0.1, 0.15) is 22.9 Å². The fourth-order valence-electron chi connectivity index (χ4n) is 1.98. The van der Waals surface area contributed by atoms with E-state index in [2.05, 4.69) is 9.97 Å². The van der Waals surface area contributed by atoms with Crippen molar-refractivity contribution in [2.75, 3.05) is 6.61 Å². The van der Waals surface area contributed by atoms with E-state index in [9.17, 15) is 9.59 Å². The molecule has 0 atom stereocenters. The molecule has 0 spiro atoms. The summed E-state index contributed by atoms with van der Waals surface area (Å²) >= 11 is 1.33. The van der Waals surface area contributed by atoms with Crippen molar-refractivity contribution in [2.24, 2.45) is 0 Å². The lowest BCUT2D eigenvalue weighted by atomic mass is 10.3. The van der Waals surface area contributed by atoms with Crippen LogP contribution < -0.4 is 10.3 Å². The van der Waals surface area contributed by atoms with Gasteiger partial charge >= 0.3 is 5.97 Å². The molecule has 0 saturated heterocycles. The average Bonchev–Trinajstić information content (AvgIpc) is 3.03. The predicted octanol–water partition coefficient (Wildman–Crippen LogP) is 2.50. The van der Waals surface area contributed by atoms with Gasteiger partial charge in [-0.3, -0.25) is 9.59 Å². The zero-order valence-electron chi connectivity index (χ0n) is 12.2. The Kier molecular flexibility index (Phi) is 4.68. The molecular formula is C16H14N2O4S. The fourth-order valence-corrected chi connectivity index (χ4v) is 2.71. The monoisotopic (exact) mass is 330 g/mol. The SMILES string of the molecule is O=C(CCOc1ccccc1)OCc1nc2ccsc2c(=O)[nH]1. The Morgan fingerprint density at radius 1 is 1.22 bits per heavy atom. The third-order valence-electron chi connectivity index (χ3n) is 3.05. The molecule has 0 aliphatic carbocycles. The summed E-state index contributed by atoms with van der Waals surface area (Å²) in [4.78, 5) is 30.3. The number of ether oxygens (including phenoxy) is 2. The second-order valence-corrected chi connectivity index (χ2v) is 5.64. The molecule has 3 aromatic rings. The molecule has 0 aliphatic heterocycles. The molecule has 2 aromatic heterocycles. The van der Waals surface area contributed by atoms with Crippen LogP contribution in [0.5, 0.6) is 5.75 Å². The molecule has 1 N–H and O–H groups in total. The average molecular weight is 330 g/mol. The largest absolute Gasteiger partial charge is 0.493 e. The lowest BCUT2D eigenvalue weighted by Gasteiger charge is -2.06. The number of hydrogen-bond acceptors (Lipinski definition) is 6. The van der Waals surface area contributed by atoms with Gasteiger partial charge in [-0.15, -0.1) is 11.3 Å². The van der Waals surface area contributed by atoms with Crippen molar-refractivity contribution in [3.63, 3.8) is 0 Å². The number of esters is 1. The summed E-state index contributed by atoms with van der Waals surface area (Å²) < 4.78 is 11.1. The molecule has 118 valence electrons. The summed E-state index contributed by atoms with van der Waals surface area (Å²) in [6.45, 7) is 0.168. The molecule has 0 saturated carbocycles. The van der Waals surface area contributed by atoms with Gasteiger partial charge < -0.3 is 14.5 Å². The molecule has 1 aromatic carbocycles. The number of benzene rings is 1. The number of fused-ring (bicyclic) bond motifs is 1. The summed E-state index contributed by atoms with van der Waals surface area (Å²) in [6, 6.07) is 11.0. The number of hydrogen-bond donors (Lipinski definition) is 1. The maximum atomic E-state index is 11.8. The van der Waals surface area contributed by atoms with Crippen LogP contribution in [0.3, 0.4) is 0 Å². The highest BCUT2D eigenvalue weighted by molar-refractivity contribution is 7.17. The van der Waals surface area contributed by atoms with Crippen LogP contribution in [0.1, 0.15) is 12.2 Å². The second kappa shape index (κ2) is 7.06. The molecule has 2 heterocycles. The summed E-state index contributed by atoms with van der Waals surface area (Å²) in [7, 11) is 0. The smallest absolute Gasteiger partial charge is 0.309 e. The zero-order valence-corrected chi connectivity index (χ0v) is 13.0. The molecule has 0 aliphatic rings. The van der Waals surface area contributed by atoms with Gasteiger partial charge in [0.2, 0.25) is 0 Å². The van der Waals surface area contributed by atoms with Gasteiger partial charge in [0.05, 0.1) is 18.5 Å². The van der Waals surface area contributed by atoms with E-state index in [0.29, 0.717) is 21.8 Å². The molecular weight excluding hydrogens is 316 g/mol. The van der Waals surface area contributed by atoms with E-state index in [1.165, 1.54) is 11.3 Å². The van der Waals surface area contributed by atoms with Crippen LogP contribution in [0.15, 0.2) is 46.6 Å². The van der Waals surface area contributed by atoms with Crippen LogP contribution >= 0.6 is 11.3 Å². The topological polar surface area (TPSA) is 81.3 Å². The van der Waals surface area contributed by atoms with Gasteiger partial charge in [-0.05, 0) is 23.6 Å². The lowest BCUT2D eigenvalue weighted by Crippen LogP contribution is -2.14. The first-order valence-corrected chi connectivity index (χ1v) is 7.90. The number of carbonyl (C=O) groups excluding carboxylic acids is 1. The minimum Gasteiger partial charge on any atom is -0.493 e. The van der Waals surface area contributed by atoms with Gasteiger partial charge in [-0.1, -0.05) is 18.2 Å². The molecule has 0 fully saturated rings. The van der Waals surface area contributed by atoms with E-state index in [0.717, 1.165) is 0 Å². The number of nitrogens with zero attached hydrogens (tertiary/aromatic N) is 1. The van der Waals surface area contributed by atoms with Crippen molar-refractivity contribution < 1.29 is 14.3 Å². The zero-order chi connectivity index (χ0) is 16.1. The Hall–Kier alpha value is -2.67. The van der Waals surface area contributed by atoms with E-state index in [4.69, 9.17) is 9.47 Å². The molecule has 3 rings (SSSR count). The molecule has 0 unspecified atom stereocenters. The molecule has 0 radical (unpaired) electrons. The first kappa shape index (κ1) is 15.2. The summed E-state index contributed by atoms with van der Waals surface area (Å²) in [5.74, 6) is 0.626. The van der Waals surface area contributed by atoms with Crippen LogP contribution in [0, 0.1) is 0 Å². The van der Waals surface area contributed by atoms with Gasteiger partial charge in [0, 0.05) is 0 Å². The maximum Gasteiger partial charge on any atom is 0.309 e. The van der Waals surface area contributed by atoms with E-state index in [1.54, 1.807) is 11.4 Å². The number of thiophene rings is 1. The number of carbonyl (C=O) groups is 1. The summed E-state index contributed by atoms with van der Waals surface area (Å²) in [5, 5.41) is 1.80. The van der Waals surface area contributed by atoms with Crippen LogP contribution in [0.4, 0.5) is 0 Å². The first-order valence-electron chi connectivity index (χ1n) is 7.02. The summed E-state index contributed by atoms with van der Waals surface area (Å²) in [5.41, 5.74) is 0.390. The van der Waals surface area contributed by atoms with Crippen molar-refractivity contribution in [3.05, 3.63) is 58.0 Å². The Labute approximate surface area is 135 Å². The number of para-hydroxylation sites is 1. The number of aromatic nitrogens is 2. The van der Waals surface area contributed by atoms with E-state index in [-0.39, 0.29) is 25.2 Å². The van der Waals surface area contributed by atoms with Crippen molar-refractivity contribution in [2.45, 2.75) is 13.0 Å². The van der Waals surface area contributed by atoms with E-state index >= 15 is 0 Å². The first-order chi connectivity index (χ1) is 11.2. The van der Waals surface area contributed by atoms with Crippen molar-refractivity contribution in [1.29, 1.82) is 0 Å². The molecule has 6 nitrogen and oxygen atoms in total.